The van der Waals surface area contributed by atoms with Gasteiger partial charge < -0.3 is 15.5 Å². The van der Waals surface area contributed by atoms with Crippen molar-refractivity contribution in [2.24, 2.45) is 5.92 Å². The number of benzene rings is 1. The van der Waals surface area contributed by atoms with Crippen LogP contribution >= 0.6 is 15.9 Å². The van der Waals surface area contributed by atoms with Crippen LogP contribution in [0.2, 0.25) is 0 Å². The first-order valence-corrected chi connectivity index (χ1v) is 7.07. The lowest BCUT2D eigenvalue weighted by molar-refractivity contribution is 0.243. The molecule has 0 amide bonds. The van der Waals surface area contributed by atoms with Gasteiger partial charge in [0, 0.05) is 29.2 Å². The Morgan fingerprint density at radius 1 is 1.33 bits per heavy atom. The van der Waals surface area contributed by atoms with Gasteiger partial charge in [0.25, 0.3) is 0 Å². The molecular formula is C14H22BrNO2. The average Bonchev–Trinajstić information content (AvgIpc) is 2.29. The van der Waals surface area contributed by atoms with Crippen LogP contribution in [0.4, 0.5) is 0 Å². The van der Waals surface area contributed by atoms with Crippen LogP contribution in [0.15, 0.2) is 16.6 Å². The van der Waals surface area contributed by atoms with Gasteiger partial charge in [-0.2, -0.15) is 0 Å². The minimum absolute atomic E-state index is 0.180. The van der Waals surface area contributed by atoms with Crippen LogP contribution in [0.25, 0.3) is 0 Å². The molecule has 1 aromatic carbocycles. The first kappa shape index (κ1) is 15.5. The van der Waals surface area contributed by atoms with Crippen LogP contribution in [-0.2, 0) is 6.54 Å². The summed E-state index contributed by atoms with van der Waals surface area (Å²) in [5.41, 5.74) is 1.75. The van der Waals surface area contributed by atoms with Crippen LogP contribution in [0.5, 0.6) is 5.75 Å². The average molecular weight is 316 g/mol. The zero-order valence-electron chi connectivity index (χ0n) is 11.2. The van der Waals surface area contributed by atoms with E-state index in [-0.39, 0.29) is 12.6 Å². The van der Waals surface area contributed by atoms with Crippen LogP contribution in [0.1, 0.15) is 31.4 Å². The molecule has 0 aliphatic carbocycles. The van der Waals surface area contributed by atoms with Crippen molar-refractivity contribution < 1.29 is 10.2 Å². The van der Waals surface area contributed by atoms with Crippen molar-refractivity contribution in [3.05, 3.63) is 27.7 Å². The Kier molecular flexibility index (Phi) is 6.12. The molecule has 0 radical (unpaired) electrons. The van der Waals surface area contributed by atoms with Crippen molar-refractivity contribution in [2.45, 2.75) is 39.8 Å². The van der Waals surface area contributed by atoms with E-state index in [2.05, 4.69) is 35.1 Å². The lowest BCUT2D eigenvalue weighted by Crippen LogP contribution is -2.34. The van der Waals surface area contributed by atoms with Gasteiger partial charge in [-0.1, -0.05) is 29.8 Å². The number of aromatic hydroxyl groups is 1. The van der Waals surface area contributed by atoms with Gasteiger partial charge >= 0.3 is 0 Å². The second-order valence-electron chi connectivity index (χ2n) is 4.97. The van der Waals surface area contributed by atoms with Gasteiger partial charge in [0.2, 0.25) is 0 Å². The van der Waals surface area contributed by atoms with Gasteiger partial charge in [-0.3, -0.25) is 0 Å². The smallest absolute Gasteiger partial charge is 0.123 e. The number of nitrogens with one attached hydrogen (secondary N) is 1. The maximum atomic E-state index is 9.99. The molecule has 0 aromatic heterocycles. The zero-order chi connectivity index (χ0) is 13.7. The lowest BCUT2D eigenvalue weighted by Gasteiger charge is -2.22. The monoisotopic (exact) mass is 315 g/mol. The normalized spacial score (nSPS) is 13.0. The van der Waals surface area contributed by atoms with Gasteiger partial charge in [0.05, 0.1) is 0 Å². The summed E-state index contributed by atoms with van der Waals surface area (Å²) in [6.45, 7) is 6.92. The Morgan fingerprint density at radius 2 is 2.00 bits per heavy atom. The molecule has 4 heteroatoms. The molecule has 0 saturated heterocycles. The third kappa shape index (κ3) is 4.26. The fraction of sp³-hybridized carbons (Fsp3) is 0.571. The molecule has 1 atom stereocenters. The predicted octanol–water partition coefficient (Wildman–Crippen LogP) is 2.96. The second kappa shape index (κ2) is 7.12. The lowest BCUT2D eigenvalue weighted by atomic mass is 10.0. The minimum atomic E-state index is 0.180. The SMILES string of the molecule is Cc1cc(Br)cc(CNC(CCO)C(C)C)c1O. The Morgan fingerprint density at radius 3 is 2.56 bits per heavy atom. The Balaban J connectivity index is 2.73. The summed E-state index contributed by atoms with van der Waals surface area (Å²) in [6.07, 6.45) is 0.728. The van der Waals surface area contributed by atoms with E-state index in [4.69, 9.17) is 5.11 Å². The van der Waals surface area contributed by atoms with Gasteiger partial charge in [0.15, 0.2) is 0 Å². The first-order valence-electron chi connectivity index (χ1n) is 6.28. The fourth-order valence-corrected chi connectivity index (χ4v) is 2.61. The summed E-state index contributed by atoms with van der Waals surface area (Å²) in [6, 6.07) is 4.08. The molecule has 102 valence electrons. The van der Waals surface area contributed by atoms with E-state index < -0.39 is 0 Å². The summed E-state index contributed by atoms with van der Waals surface area (Å²) in [5.74, 6) is 0.796. The van der Waals surface area contributed by atoms with Crippen molar-refractivity contribution in [1.82, 2.24) is 5.32 Å². The standard InChI is InChI=1S/C14H22BrNO2/c1-9(2)13(4-5-17)16-8-11-7-12(15)6-10(3)14(11)18/h6-7,9,13,16-18H,4-5,8H2,1-3H3. The van der Waals surface area contributed by atoms with E-state index in [0.717, 1.165) is 22.0 Å². The number of halogens is 1. The third-order valence-electron chi connectivity index (χ3n) is 3.14. The second-order valence-corrected chi connectivity index (χ2v) is 5.89. The number of aryl methyl sites for hydroxylation is 1. The molecule has 0 saturated carbocycles. The topological polar surface area (TPSA) is 52.5 Å². The van der Waals surface area contributed by atoms with Crippen LogP contribution < -0.4 is 5.32 Å². The molecule has 18 heavy (non-hydrogen) atoms. The van der Waals surface area contributed by atoms with Crippen molar-refractivity contribution in [3.8, 4) is 5.75 Å². The van der Waals surface area contributed by atoms with Crippen LogP contribution in [0.3, 0.4) is 0 Å². The van der Waals surface area contributed by atoms with Gasteiger partial charge in [-0.05, 0) is 37.0 Å². The molecule has 0 fully saturated rings. The molecule has 1 unspecified atom stereocenters. The fourth-order valence-electron chi connectivity index (χ4n) is 1.99. The molecule has 0 aliphatic heterocycles. The highest BCUT2D eigenvalue weighted by Gasteiger charge is 2.13. The molecule has 3 nitrogen and oxygen atoms in total. The van der Waals surface area contributed by atoms with Crippen LogP contribution in [0, 0.1) is 12.8 Å². The van der Waals surface area contributed by atoms with Crippen molar-refractivity contribution in [3.63, 3.8) is 0 Å². The largest absolute Gasteiger partial charge is 0.507 e. The Bertz CT molecular complexity index is 394. The van der Waals surface area contributed by atoms with Crippen molar-refractivity contribution in [1.29, 1.82) is 0 Å². The van der Waals surface area contributed by atoms with Crippen molar-refractivity contribution in [2.75, 3.05) is 6.61 Å². The van der Waals surface area contributed by atoms with Gasteiger partial charge in [-0.25, -0.2) is 0 Å². The number of phenols is 1. The molecule has 0 heterocycles. The molecule has 1 rings (SSSR count). The first-order chi connectivity index (χ1) is 8.45. The summed E-state index contributed by atoms with van der Waals surface area (Å²) < 4.78 is 0.970. The quantitative estimate of drug-likeness (QED) is 0.756. The molecular weight excluding hydrogens is 294 g/mol. The number of hydrogen-bond acceptors (Lipinski definition) is 3. The van der Waals surface area contributed by atoms with E-state index in [1.165, 1.54) is 0 Å². The molecule has 1 aromatic rings. The van der Waals surface area contributed by atoms with E-state index in [9.17, 15) is 5.11 Å². The Hall–Kier alpha value is -0.580. The van der Waals surface area contributed by atoms with Gasteiger partial charge in [-0.15, -0.1) is 0 Å². The highest BCUT2D eigenvalue weighted by Crippen LogP contribution is 2.26. The van der Waals surface area contributed by atoms with Crippen molar-refractivity contribution >= 4 is 15.9 Å². The zero-order valence-corrected chi connectivity index (χ0v) is 12.8. The summed E-state index contributed by atoms with van der Waals surface area (Å²) in [5, 5.41) is 22.4. The Labute approximate surface area is 117 Å². The highest BCUT2D eigenvalue weighted by molar-refractivity contribution is 9.10. The van der Waals surface area contributed by atoms with E-state index in [0.29, 0.717) is 18.2 Å². The molecule has 3 N–H and O–H groups in total. The van der Waals surface area contributed by atoms with E-state index >= 15 is 0 Å². The minimum Gasteiger partial charge on any atom is -0.507 e. The number of rotatable bonds is 6. The maximum Gasteiger partial charge on any atom is 0.123 e. The molecule has 0 bridgehead atoms. The van der Waals surface area contributed by atoms with Crippen LogP contribution in [-0.4, -0.2) is 22.9 Å². The predicted molar refractivity (Wildman–Crippen MR) is 77.7 cm³/mol. The summed E-state index contributed by atoms with van der Waals surface area (Å²) in [7, 11) is 0. The highest BCUT2D eigenvalue weighted by atomic mass is 79.9. The number of aliphatic hydroxyl groups excluding tert-OH is 1. The van der Waals surface area contributed by atoms with E-state index in [1.807, 2.05) is 19.1 Å². The van der Waals surface area contributed by atoms with E-state index in [1.54, 1.807) is 0 Å². The molecule has 0 aliphatic rings. The summed E-state index contributed by atoms with van der Waals surface area (Å²) >= 11 is 3.43. The van der Waals surface area contributed by atoms with Gasteiger partial charge in [0.1, 0.15) is 5.75 Å². The summed E-state index contributed by atoms with van der Waals surface area (Å²) in [4.78, 5) is 0. The number of aliphatic hydroxyl groups is 1. The maximum absolute atomic E-state index is 9.99. The molecule has 0 spiro atoms. The number of phenolic OH excluding ortho intramolecular Hbond substituents is 1. The third-order valence-corrected chi connectivity index (χ3v) is 3.60. The number of hydrogen-bond donors (Lipinski definition) is 3.